The predicted molar refractivity (Wildman–Crippen MR) is 63.9 cm³/mol. The Morgan fingerprint density at radius 1 is 1.41 bits per heavy atom. The average Bonchev–Trinajstić information content (AvgIpc) is 2.80. The number of hydrogen-bond acceptors (Lipinski definition) is 2. The minimum Gasteiger partial charge on any atom is -0.489 e. The Kier molecular flexibility index (Phi) is 3.77. The van der Waals surface area contributed by atoms with Crippen molar-refractivity contribution in [1.82, 2.24) is 0 Å². The van der Waals surface area contributed by atoms with Crippen molar-refractivity contribution in [2.45, 2.75) is 32.6 Å². The summed E-state index contributed by atoms with van der Waals surface area (Å²) in [5.41, 5.74) is 0.336. The lowest BCUT2D eigenvalue weighted by molar-refractivity contribution is 0.101. The van der Waals surface area contributed by atoms with Gasteiger partial charge in [-0.2, -0.15) is 0 Å². The first kappa shape index (κ1) is 12.1. The molecule has 0 aliphatic heterocycles. The molecule has 0 spiro atoms. The van der Waals surface area contributed by atoms with Gasteiger partial charge in [0.1, 0.15) is 0 Å². The summed E-state index contributed by atoms with van der Waals surface area (Å²) < 4.78 is 19.1. The Morgan fingerprint density at radius 3 is 2.76 bits per heavy atom. The second kappa shape index (κ2) is 5.30. The molecule has 1 aromatic rings. The average molecular weight is 236 g/mol. The van der Waals surface area contributed by atoms with E-state index in [1.54, 1.807) is 6.07 Å². The van der Waals surface area contributed by atoms with E-state index in [9.17, 15) is 9.18 Å². The first-order valence-electron chi connectivity index (χ1n) is 6.10. The summed E-state index contributed by atoms with van der Waals surface area (Å²) in [6.07, 6.45) is 4.74. The highest BCUT2D eigenvalue weighted by Crippen LogP contribution is 2.28. The summed E-state index contributed by atoms with van der Waals surface area (Å²) in [5, 5.41) is 0. The Morgan fingerprint density at radius 2 is 2.12 bits per heavy atom. The standard InChI is InChI=1S/C14H17FO2/c1-10(16)12-7-4-8-13(15)14(12)17-9-11-5-2-3-6-11/h4,7-8,11H,2-3,5-6,9H2,1H3. The van der Waals surface area contributed by atoms with Gasteiger partial charge in [-0.25, -0.2) is 4.39 Å². The van der Waals surface area contributed by atoms with Gasteiger partial charge < -0.3 is 4.74 Å². The Hall–Kier alpha value is -1.38. The maximum atomic E-state index is 13.6. The van der Waals surface area contributed by atoms with E-state index in [2.05, 4.69) is 0 Å². The second-order valence-corrected chi connectivity index (χ2v) is 4.63. The van der Waals surface area contributed by atoms with Gasteiger partial charge in [-0.3, -0.25) is 4.79 Å². The number of carbonyl (C=O) groups is 1. The molecular weight excluding hydrogens is 219 g/mol. The van der Waals surface area contributed by atoms with Crippen LogP contribution in [0, 0.1) is 11.7 Å². The topological polar surface area (TPSA) is 26.3 Å². The number of ether oxygens (including phenoxy) is 1. The van der Waals surface area contributed by atoms with E-state index in [1.165, 1.54) is 31.9 Å². The van der Waals surface area contributed by atoms with Crippen molar-refractivity contribution in [3.8, 4) is 5.75 Å². The zero-order chi connectivity index (χ0) is 12.3. The van der Waals surface area contributed by atoms with Crippen LogP contribution in [-0.4, -0.2) is 12.4 Å². The van der Waals surface area contributed by atoms with E-state index < -0.39 is 5.82 Å². The van der Waals surface area contributed by atoms with Gasteiger partial charge >= 0.3 is 0 Å². The van der Waals surface area contributed by atoms with Crippen molar-refractivity contribution in [2.24, 2.45) is 5.92 Å². The SMILES string of the molecule is CC(=O)c1cccc(F)c1OCC1CCCC1. The van der Waals surface area contributed by atoms with Gasteiger partial charge in [-0.15, -0.1) is 0 Å². The van der Waals surface area contributed by atoms with Crippen LogP contribution in [0.1, 0.15) is 43.0 Å². The molecule has 3 heteroatoms. The summed E-state index contributed by atoms with van der Waals surface area (Å²) in [6.45, 7) is 1.94. The van der Waals surface area contributed by atoms with E-state index in [0.717, 1.165) is 12.8 Å². The van der Waals surface area contributed by atoms with E-state index in [0.29, 0.717) is 18.1 Å². The lowest BCUT2D eigenvalue weighted by Gasteiger charge is -2.14. The maximum Gasteiger partial charge on any atom is 0.165 e. The molecule has 2 nitrogen and oxygen atoms in total. The molecule has 0 atom stereocenters. The lowest BCUT2D eigenvalue weighted by Crippen LogP contribution is -2.11. The molecule has 1 fully saturated rings. The van der Waals surface area contributed by atoms with Gasteiger partial charge in [0.05, 0.1) is 12.2 Å². The van der Waals surface area contributed by atoms with Crippen molar-refractivity contribution in [2.75, 3.05) is 6.61 Å². The number of rotatable bonds is 4. The van der Waals surface area contributed by atoms with Crippen LogP contribution < -0.4 is 4.74 Å². The molecule has 17 heavy (non-hydrogen) atoms. The number of benzene rings is 1. The van der Waals surface area contributed by atoms with Crippen LogP contribution in [0.3, 0.4) is 0 Å². The maximum absolute atomic E-state index is 13.6. The van der Waals surface area contributed by atoms with Crippen molar-refractivity contribution < 1.29 is 13.9 Å². The minimum atomic E-state index is -0.448. The first-order valence-corrected chi connectivity index (χ1v) is 6.10. The van der Waals surface area contributed by atoms with Crippen molar-refractivity contribution in [3.63, 3.8) is 0 Å². The quantitative estimate of drug-likeness (QED) is 0.747. The van der Waals surface area contributed by atoms with Crippen LogP contribution in [-0.2, 0) is 0 Å². The van der Waals surface area contributed by atoms with E-state index >= 15 is 0 Å². The number of carbonyl (C=O) groups excluding carboxylic acids is 1. The third kappa shape index (κ3) is 2.84. The molecule has 0 N–H and O–H groups in total. The number of halogens is 1. The molecule has 92 valence electrons. The normalized spacial score (nSPS) is 16.1. The summed E-state index contributed by atoms with van der Waals surface area (Å²) in [7, 11) is 0. The van der Waals surface area contributed by atoms with Crippen LogP contribution in [0.25, 0.3) is 0 Å². The van der Waals surface area contributed by atoms with E-state index in [4.69, 9.17) is 4.74 Å². The third-order valence-electron chi connectivity index (χ3n) is 3.28. The Balaban J connectivity index is 2.10. The van der Waals surface area contributed by atoms with Gasteiger partial charge in [0, 0.05) is 0 Å². The smallest absolute Gasteiger partial charge is 0.165 e. The van der Waals surface area contributed by atoms with E-state index in [1.807, 2.05) is 0 Å². The Bertz CT molecular complexity index is 409. The molecule has 0 bridgehead atoms. The fourth-order valence-corrected chi connectivity index (χ4v) is 2.31. The van der Waals surface area contributed by atoms with Crippen LogP contribution in [0.4, 0.5) is 4.39 Å². The molecule has 0 heterocycles. The zero-order valence-electron chi connectivity index (χ0n) is 10.0. The molecular formula is C14H17FO2. The molecule has 0 aromatic heterocycles. The van der Waals surface area contributed by atoms with Gasteiger partial charge in [-0.1, -0.05) is 18.9 Å². The number of para-hydroxylation sites is 1. The van der Waals surface area contributed by atoms with E-state index in [-0.39, 0.29) is 11.5 Å². The van der Waals surface area contributed by atoms with Gasteiger partial charge in [0.25, 0.3) is 0 Å². The van der Waals surface area contributed by atoms with Gasteiger partial charge in [0.2, 0.25) is 0 Å². The molecule has 1 aliphatic carbocycles. The van der Waals surface area contributed by atoms with Crippen LogP contribution in [0.5, 0.6) is 5.75 Å². The summed E-state index contributed by atoms with van der Waals surface area (Å²) >= 11 is 0. The fraction of sp³-hybridized carbons (Fsp3) is 0.500. The predicted octanol–water partition coefficient (Wildman–Crippen LogP) is 3.60. The second-order valence-electron chi connectivity index (χ2n) is 4.63. The van der Waals surface area contributed by atoms with Gasteiger partial charge in [0.15, 0.2) is 17.3 Å². The van der Waals surface area contributed by atoms with Crippen molar-refractivity contribution >= 4 is 5.78 Å². The van der Waals surface area contributed by atoms with Crippen LogP contribution >= 0.6 is 0 Å². The molecule has 1 aromatic carbocycles. The highest BCUT2D eigenvalue weighted by Gasteiger charge is 2.18. The molecule has 0 unspecified atom stereocenters. The zero-order valence-corrected chi connectivity index (χ0v) is 10.0. The van der Waals surface area contributed by atoms with Crippen molar-refractivity contribution in [1.29, 1.82) is 0 Å². The largest absolute Gasteiger partial charge is 0.489 e. The molecule has 1 saturated carbocycles. The number of hydrogen-bond donors (Lipinski definition) is 0. The summed E-state index contributed by atoms with van der Waals surface area (Å²) in [5.74, 6) is 0.0166. The minimum absolute atomic E-state index is 0.117. The monoisotopic (exact) mass is 236 g/mol. The summed E-state index contributed by atoms with van der Waals surface area (Å²) in [6, 6.07) is 4.47. The molecule has 0 radical (unpaired) electrons. The highest BCUT2D eigenvalue weighted by atomic mass is 19.1. The Labute approximate surface area is 101 Å². The fourth-order valence-electron chi connectivity index (χ4n) is 2.31. The summed E-state index contributed by atoms with van der Waals surface area (Å²) in [4.78, 5) is 11.4. The molecule has 2 rings (SSSR count). The lowest BCUT2D eigenvalue weighted by atomic mass is 10.1. The number of Topliss-reactive ketones (excluding diaryl/α,β-unsaturated/α-hetero) is 1. The van der Waals surface area contributed by atoms with Crippen LogP contribution in [0.2, 0.25) is 0 Å². The first-order chi connectivity index (χ1) is 8.18. The molecule has 1 aliphatic rings. The third-order valence-corrected chi connectivity index (χ3v) is 3.28. The van der Waals surface area contributed by atoms with Gasteiger partial charge in [-0.05, 0) is 37.8 Å². The molecule has 0 saturated heterocycles. The van der Waals surface area contributed by atoms with Crippen LogP contribution in [0.15, 0.2) is 18.2 Å². The highest BCUT2D eigenvalue weighted by molar-refractivity contribution is 5.96. The van der Waals surface area contributed by atoms with Crippen molar-refractivity contribution in [3.05, 3.63) is 29.6 Å². The number of ketones is 1. The molecule has 0 amide bonds.